The first-order valence-electron chi connectivity index (χ1n) is 8.25. The lowest BCUT2D eigenvalue weighted by molar-refractivity contribution is -0.139. The standard InChI is InChI=1S/C20H22O5/c1-12(21)17-10-15(9-14-6-7-25-20(14)17)13-4-5-18(23-2)16(8-13)11-19(22)24-3/h4-5,8-10,12,21H,6-7,11H2,1-3H3/t12-/m1/s1. The molecule has 1 heterocycles. The quantitative estimate of drug-likeness (QED) is 0.846. The molecule has 132 valence electrons. The van der Waals surface area contributed by atoms with Crippen LogP contribution in [0.3, 0.4) is 0 Å². The molecule has 0 bridgehead atoms. The molecule has 5 heteroatoms. The van der Waals surface area contributed by atoms with Crippen LogP contribution in [0.1, 0.15) is 29.7 Å². The van der Waals surface area contributed by atoms with E-state index < -0.39 is 6.10 Å². The van der Waals surface area contributed by atoms with E-state index in [2.05, 4.69) is 6.07 Å². The van der Waals surface area contributed by atoms with E-state index in [1.165, 1.54) is 7.11 Å². The van der Waals surface area contributed by atoms with E-state index in [0.29, 0.717) is 12.4 Å². The first-order valence-corrected chi connectivity index (χ1v) is 8.25. The summed E-state index contributed by atoms with van der Waals surface area (Å²) in [6.45, 7) is 2.37. The molecule has 1 aliphatic rings. The summed E-state index contributed by atoms with van der Waals surface area (Å²) >= 11 is 0. The van der Waals surface area contributed by atoms with Crippen molar-refractivity contribution in [2.24, 2.45) is 0 Å². The van der Waals surface area contributed by atoms with Crippen LogP contribution in [0.4, 0.5) is 0 Å². The SMILES string of the molecule is COC(=O)Cc1cc(-c2cc3c(c([C@@H](C)O)c2)OCC3)ccc1OC. The molecule has 0 saturated carbocycles. The zero-order valence-corrected chi connectivity index (χ0v) is 14.7. The van der Waals surface area contributed by atoms with Gasteiger partial charge >= 0.3 is 5.97 Å². The minimum Gasteiger partial charge on any atom is -0.496 e. The van der Waals surface area contributed by atoms with Crippen LogP contribution in [0.25, 0.3) is 11.1 Å². The van der Waals surface area contributed by atoms with E-state index in [1.54, 1.807) is 14.0 Å². The van der Waals surface area contributed by atoms with Gasteiger partial charge in [-0.05, 0) is 47.9 Å². The number of hydrogen-bond acceptors (Lipinski definition) is 5. The Kier molecular flexibility index (Phi) is 4.95. The lowest BCUT2D eigenvalue weighted by Gasteiger charge is -2.15. The first-order chi connectivity index (χ1) is 12.0. The number of esters is 1. The zero-order chi connectivity index (χ0) is 18.0. The summed E-state index contributed by atoms with van der Waals surface area (Å²) in [6, 6.07) is 9.75. The number of aliphatic hydroxyl groups excluding tert-OH is 1. The molecule has 1 N–H and O–H groups in total. The van der Waals surface area contributed by atoms with Crippen molar-refractivity contribution in [2.45, 2.75) is 25.9 Å². The molecule has 25 heavy (non-hydrogen) atoms. The minimum absolute atomic E-state index is 0.144. The van der Waals surface area contributed by atoms with Crippen molar-refractivity contribution in [3.8, 4) is 22.6 Å². The van der Waals surface area contributed by atoms with Crippen molar-refractivity contribution >= 4 is 5.97 Å². The predicted molar refractivity (Wildman–Crippen MR) is 94.0 cm³/mol. The van der Waals surface area contributed by atoms with Crippen molar-refractivity contribution in [1.82, 2.24) is 0 Å². The highest BCUT2D eigenvalue weighted by Gasteiger charge is 2.21. The molecule has 0 saturated heterocycles. The van der Waals surface area contributed by atoms with Crippen LogP contribution in [0, 0.1) is 0 Å². The number of fused-ring (bicyclic) bond motifs is 1. The minimum atomic E-state index is -0.611. The largest absolute Gasteiger partial charge is 0.496 e. The van der Waals surface area contributed by atoms with Crippen molar-refractivity contribution < 1.29 is 24.1 Å². The van der Waals surface area contributed by atoms with Crippen LogP contribution in [0.5, 0.6) is 11.5 Å². The van der Waals surface area contributed by atoms with Gasteiger partial charge in [0.05, 0.1) is 33.4 Å². The number of carbonyl (C=O) groups excluding carboxylic acids is 1. The molecular formula is C20H22O5. The van der Waals surface area contributed by atoms with Gasteiger partial charge in [-0.3, -0.25) is 4.79 Å². The Balaban J connectivity index is 2.06. The fourth-order valence-electron chi connectivity index (χ4n) is 3.14. The van der Waals surface area contributed by atoms with E-state index in [-0.39, 0.29) is 12.4 Å². The third-order valence-corrected chi connectivity index (χ3v) is 4.44. The molecule has 2 aromatic rings. The molecule has 0 aromatic heterocycles. The fraction of sp³-hybridized carbons (Fsp3) is 0.350. The van der Waals surface area contributed by atoms with E-state index in [1.807, 2.05) is 24.3 Å². The summed E-state index contributed by atoms with van der Waals surface area (Å²) in [5.41, 5.74) is 4.58. The van der Waals surface area contributed by atoms with E-state index in [9.17, 15) is 9.90 Å². The van der Waals surface area contributed by atoms with Gasteiger partial charge in [0.15, 0.2) is 0 Å². The monoisotopic (exact) mass is 342 g/mol. The van der Waals surface area contributed by atoms with Crippen LogP contribution in [0.2, 0.25) is 0 Å². The maximum Gasteiger partial charge on any atom is 0.310 e. The number of hydrogen-bond donors (Lipinski definition) is 1. The average molecular weight is 342 g/mol. The predicted octanol–water partition coefficient (Wildman–Crippen LogP) is 3.07. The third kappa shape index (κ3) is 3.46. The second-order valence-electron chi connectivity index (χ2n) is 6.11. The van der Waals surface area contributed by atoms with E-state index in [4.69, 9.17) is 14.2 Å². The molecule has 2 aromatic carbocycles. The molecule has 0 fully saturated rings. The Hall–Kier alpha value is -2.53. The van der Waals surface area contributed by atoms with Gasteiger partial charge < -0.3 is 19.3 Å². The lowest BCUT2D eigenvalue weighted by Crippen LogP contribution is -2.06. The summed E-state index contributed by atoms with van der Waals surface area (Å²) in [5.74, 6) is 1.12. The van der Waals surface area contributed by atoms with Gasteiger partial charge in [0.1, 0.15) is 11.5 Å². The number of benzene rings is 2. The molecule has 5 nitrogen and oxygen atoms in total. The van der Waals surface area contributed by atoms with Gasteiger partial charge in [-0.1, -0.05) is 6.07 Å². The highest BCUT2D eigenvalue weighted by molar-refractivity contribution is 5.76. The number of rotatable bonds is 5. The molecule has 0 aliphatic carbocycles. The Labute approximate surface area is 147 Å². The number of aliphatic hydroxyl groups is 1. The maximum atomic E-state index is 11.7. The molecule has 0 radical (unpaired) electrons. The van der Waals surface area contributed by atoms with Gasteiger partial charge in [0.25, 0.3) is 0 Å². The van der Waals surface area contributed by atoms with E-state index >= 15 is 0 Å². The summed E-state index contributed by atoms with van der Waals surface area (Å²) in [4.78, 5) is 11.7. The molecule has 1 atom stereocenters. The average Bonchev–Trinajstić information content (AvgIpc) is 3.09. The third-order valence-electron chi connectivity index (χ3n) is 4.44. The smallest absolute Gasteiger partial charge is 0.310 e. The van der Waals surface area contributed by atoms with Crippen molar-refractivity contribution in [1.29, 1.82) is 0 Å². The highest BCUT2D eigenvalue weighted by Crippen LogP contribution is 2.38. The van der Waals surface area contributed by atoms with Gasteiger partial charge in [-0.15, -0.1) is 0 Å². The fourth-order valence-corrected chi connectivity index (χ4v) is 3.14. The van der Waals surface area contributed by atoms with Crippen molar-refractivity contribution in [3.05, 3.63) is 47.0 Å². The summed E-state index contributed by atoms with van der Waals surface area (Å²) < 4.78 is 15.8. The van der Waals surface area contributed by atoms with Crippen LogP contribution >= 0.6 is 0 Å². The van der Waals surface area contributed by atoms with E-state index in [0.717, 1.165) is 40.0 Å². The normalized spacial score (nSPS) is 13.8. The number of carbonyl (C=O) groups is 1. The second kappa shape index (κ2) is 7.15. The summed E-state index contributed by atoms with van der Waals surface area (Å²) in [7, 11) is 2.95. The molecule has 0 amide bonds. The Morgan fingerprint density at radius 2 is 2.04 bits per heavy atom. The highest BCUT2D eigenvalue weighted by atomic mass is 16.5. The zero-order valence-electron chi connectivity index (χ0n) is 14.7. The number of methoxy groups -OCH3 is 2. The van der Waals surface area contributed by atoms with Crippen LogP contribution in [-0.4, -0.2) is 31.9 Å². The van der Waals surface area contributed by atoms with Gasteiger partial charge in [0.2, 0.25) is 0 Å². The van der Waals surface area contributed by atoms with Crippen molar-refractivity contribution in [3.63, 3.8) is 0 Å². The Morgan fingerprint density at radius 1 is 1.24 bits per heavy atom. The molecular weight excluding hydrogens is 320 g/mol. The summed E-state index contributed by atoms with van der Waals surface area (Å²) in [5, 5.41) is 10.1. The lowest BCUT2D eigenvalue weighted by atomic mass is 9.94. The molecule has 0 unspecified atom stereocenters. The van der Waals surface area contributed by atoms with Crippen LogP contribution < -0.4 is 9.47 Å². The summed E-state index contributed by atoms with van der Waals surface area (Å²) in [6.07, 6.45) is 0.360. The van der Waals surface area contributed by atoms with Crippen molar-refractivity contribution in [2.75, 3.05) is 20.8 Å². The molecule has 3 rings (SSSR count). The van der Waals surface area contributed by atoms with Gasteiger partial charge in [-0.25, -0.2) is 0 Å². The Bertz CT molecular complexity index is 795. The molecule has 1 aliphatic heterocycles. The Morgan fingerprint density at radius 3 is 2.72 bits per heavy atom. The number of ether oxygens (including phenoxy) is 3. The first kappa shape index (κ1) is 17.3. The molecule has 0 spiro atoms. The second-order valence-corrected chi connectivity index (χ2v) is 6.11. The van der Waals surface area contributed by atoms with Gasteiger partial charge in [-0.2, -0.15) is 0 Å². The maximum absolute atomic E-state index is 11.7. The van der Waals surface area contributed by atoms with Crippen LogP contribution in [0.15, 0.2) is 30.3 Å². The topological polar surface area (TPSA) is 65.0 Å². The van der Waals surface area contributed by atoms with Gasteiger partial charge in [0, 0.05) is 17.5 Å². The van der Waals surface area contributed by atoms with Crippen LogP contribution in [-0.2, 0) is 22.4 Å².